The molecule has 0 saturated heterocycles. The SMILES string of the molecule is Bc1ccc(-n2c3ccccc3c3ccccc32)c2nccnc12. The molecule has 24 heavy (non-hydrogen) atoms. The molecule has 0 aliphatic heterocycles. The Balaban J connectivity index is 2.02. The average Bonchev–Trinajstić information content (AvgIpc) is 2.97. The van der Waals surface area contributed by atoms with Crippen molar-refractivity contribution in [1.82, 2.24) is 14.5 Å². The number of rotatable bonds is 1. The Hall–Kier alpha value is -3.14. The average molecular weight is 307 g/mol. The molecule has 5 rings (SSSR count). The molecular formula is C20H14BN3. The van der Waals surface area contributed by atoms with Gasteiger partial charge in [-0.1, -0.05) is 47.9 Å². The number of hydrogen-bond acceptors (Lipinski definition) is 2. The lowest BCUT2D eigenvalue weighted by Crippen LogP contribution is -2.08. The van der Waals surface area contributed by atoms with Crippen molar-refractivity contribution >= 4 is 46.1 Å². The van der Waals surface area contributed by atoms with E-state index in [9.17, 15) is 0 Å². The Kier molecular flexibility index (Phi) is 2.74. The molecule has 0 N–H and O–H groups in total. The predicted octanol–water partition coefficient (Wildman–Crippen LogP) is 2.99. The minimum absolute atomic E-state index is 0.934. The zero-order valence-corrected chi connectivity index (χ0v) is 13.3. The first-order valence-corrected chi connectivity index (χ1v) is 8.03. The van der Waals surface area contributed by atoms with Gasteiger partial charge in [-0.25, -0.2) is 0 Å². The molecule has 0 fully saturated rings. The van der Waals surface area contributed by atoms with E-state index in [2.05, 4.69) is 83.0 Å². The van der Waals surface area contributed by atoms with Crippen LogP contribution in [0.25, 0.3) is 38.5 Å². The van der Waals surface area contributed by atoms with Crippen LogP contribution in [-0.2, 0) is 0 Å². The van der Waals surface area contributed by atoms with E-state index in [0.717, 1.165) is 22.2 Å². The maximum Gasteiger partial charge on any atom is 0.142 e. The third-order valence-electron chi connectivity index (χ3n) is 4.63. The quantitative estimate of drug-likeness (QED) is 0.446. The van der Waals surface area contributed by atoms with Crippen LogP contribution in [0.2, 0.25) is 0 Å². The molecule has 0 amide bonds. The normalized spacial score (nSPS) is 11.5. The molecule has 0 unspecified atom stereocenters. The molecule has 0 radical (unpaired) electrons. The molecular weight excluding hydrogens is 293 g/mol. The molecule has 0 atom stereocenters. The third kappa shape index (κ3) is 1.74. The van der Waals surface area contributed by atoms with Crippen molar-refractivity contribution in [1.29, 1.82) is 0 Å². The fourth-order valence-corrected chi connectivity index (χ4v) is 3.54. The second-order valence-electron chi connectivity index (χ2n) is 6.02. The van der Waals surface area contributed by atoms with E-state index in [1.807, 2.05) is 0 Å². The molecule has 3 nitrogen and oxygen atoms in total. The number of nitrogens with zero attached hydrogens (tertiary/aromatic N) is 3. The van der Waals surface area contributed by atoms with Crippen LogP contribution in [0.15, 0.2) is 73.1 Å². The van der Waals surface area contributed by atoms with Gasteiger partial charge in [-0.3, -0.25) is 9.97 Å². The zero-order valence-electron chi connectivity index (χ0n) is 13.3. The minimum atomic E-state index is 0.934. The van der Waals surface area contributed by atoms with Gasteiger partial charge >= 0.3 is 0 Å². The van der Waals surface area contributed by atoms with Crippen LogP contribution >= 0.6 is 0 Å². The summed E-state index contributed by atoms with van der Waals surface area (Å²) in [7, 11) is 2.08. The summed E-state index contributed by atoms with van der Waals surface area (Å²) >= 11 is 0. The van der Waals surface area contributed by atoms with Gasteiger partial charge in [0.2, 0.25) is 0 Å². The van der Waals surface area contributed by atoms with E-state index in [1.54, 1.807) is 12.4 Å². The molecule has 3 aromatic carbocycles. The summed E-state index contributed by atoms with van der Waals surface area (Å²) in [6.45, 7) is 0. The molecule has 0 bridgehead atoms. The predicted molar refractivity (Wildman–Crippen MR) is 102 cm³/mol. The van der Waals surface area contributed by atoms with Crippen molar-refractivity contribution in [3.8, 4) is 5.69 Å². The Bertz CT molecular complexity index is 1170. The van der Waals surface area contributed by atoms with E-state index >= 15 is 0 Å². The van der Waals surface area contributed by atoms with Crippen LogP contribution in [0.4, 0.5) is 0 Å². The van der Waals surface area contributed by atoms with Gasteiger partial charge in [-0.2, -0.15) is 0 Å². The summed E-state index contributed by atoms with van der Waals surface area (Å²) < 4.78 is 2.29. The van der Waals surface area contributed by atoms with Gasteiger partial charge < -0.3 is 4.57 Å². The van der Waals surface area contributed by atoms with Crippen LogP contribution in [-0.4, -0.2) is 22.4 Å². The molecule has 112 valence electrons. The Morgan fingerprint density at radius 2 is 1.25 bits per heavy atom. The van der Waals surface area contributed by atoms with Crippen LogP contribution in [0, 0.1) is 0 Å². The lowest BCUT2D eigenvalue weighted by atomic mass is 9.94. The highest BCUT2D eigenvalue weighted by Crippen LogP contribution is 2.33. The fraction of sp³-hybridized carbons (Fsp3) is 0. The molecule has 5 aromatic rings. The lowest BCUT2D eigenvalue weighted by Gasteiger charge is -2.11. The first kappa shape index (κ1) is 13.3. The first-order chi connectivity index (χ1) is 11.8. The molecule has 0 saturated carbocycles. The van der Waals surface area contributed by atoms with Crippen LogP contribution in [0.5, 0.6) is 0 Å². The number of benzene rings is 3. The van der Waals surface area contributed by atoms with Gasteiger partial charge in [0.05, 0.1) is 22.2 Å². The smallest absolute Gasteiger partial charge is 0.142 e. The van der Waals surface area contributed by atoms with Gasteiger partial charge in [-0.15, -0.1) is 0 Å². The van der Waals surface area contributed by atoms with Crippen molar-refractivity contribution in [3.63, 3.8) is 0 Å². The maximum absolute atomic E-state index is 4.63. The summed E-state index contributed by atoms with van der Waals surface area (Å²) in [6, 6.07) is 21.3. The highest BCUT2D eigenvalue weighted by molar-refractivity contribution is 6.38. The standard InChI is InChI=1S/C20H14BN3/c21-15-9-10-18(20-19(15)22-11-12-23-20)24-16-7-3-1-5-13(16)14-6-2-4-8-17(14)24/h1-12H,21H2. The van der Waals surface area contributed by atoms with Crippen LogP contribution in [0.3, 0.4) is 0 Å². The van der Waals surface area contributed by atoms with E-state index < -0.39 is 0 Å². The number of hydrogen-bond donors (Lipinski definition) is 0. The molecule has 0 spiro atoms. The van der Waals surface area contributed by atoms with Gasteiger partial charge in [0.1, 0.15) is 13.4 Å². The largest absolute Gasteiger partial charge is 0.307 e. The summed E-state index contributed by atoms with van der Waals surface area (Å²) in [5.41, 5.74) is 6.48. The Morgan fingerprint density at radius 3 is 1.92 bits per heavy atom. The summed E-state index contributed by atoms with van der Waals surface area (Å²) in [5, 5.41) is 2.51. The van der Waals surface area contributed by atoms with E-state index in [-0.39, 0.29) is 0 Å². The minimum Gasteiger partial charge on any atom is -0.307 e. The zero-order chi connectivity index (χ0) is 16.1. The highest BCUT2D eigenvalue weighted by Gasteiger charge is 2.14. The summed E-state index contributed by atoms with van der Waals surface area (Å²) in [6.07, 6.45) is 3.52. The second-order valence-corrected chi connectivity index (χ2v) is 6.02. The fourth-order valence-electron chi connectivity index (χ4n) is 3.54. The molecule has 0 aliphatic carbocycles. The summed E-state index contributed by atoms with van der Waals surface area (Å²) in [5.74, 6) is 0. The molecule has 0 aliphatic rings. The van der Waals surface area contributed by atoms with Gasteiger partial charge in [0.25, 0.3) is 0 Å². The lowest BCUT2D eigenvalue weighted by molar-refractivity contribution is 1.17. The Morgan fingerprint density at radius 1 is 0.667 bits per heavy atom. The molecule has 2 aromatic heterocycles. The second kappa shape index (κ2) is 4.93. The summed E-state index contributed by atoms with van der Waals surface area (Å²) in [4.78, 5) is 9.16. The van der Waals surface area contributed by atoms with Gasteiger partial charge in [0, 0.05) is 23.2 Å². The van der Waals surface area contributed by atoms with Gasteiger partial charge in [-0.05, 0) is 18.2 Å². The van der Waals surface area contributed by atoms with Crippen molar-refractivity contribution < 1.29 is 0 Å². The van der Waals surface area contributed by atoms with Crippen molar-refractivity contribution in [2.45, 2.75) is 0 Å². The van der Waals surface area contributed by atoms with Crippen molar-refractivity contribution in [2.75, 3.05) is 0 Å². The van der Waals surface area contributed by atoms with Crippen molar-refractivity contribution in [2.24, 2.45) is 0 Å². The van der Waals surface area contributed by atoms with E-state index in [1.165, 1.54) is 21.8 Å². The first-order valence-electron chi connectivity index (χ1n) is 8.03. The molecule has 4 heteroatoms. The Labute approximate surface area is 140 Å². The number of fused-ring (bicyclic) bond motifs is 4. The number of aromatic nitrogens is 3. The molecule has 2 heterocycles. The van der Waals surface area contributed by atoms with Crippen LogP contribution in [0.1, 0.15) is 0 Å². The monoisotopic (exact) mass is 307 g/mol. The van der Waals surface area contributed by atoms with Crippen LogP contribution < -0.4 is 5.46 Å². The van der Waals surface area contributed by atoms with Crippen molar-refractivity contribution in [3.05, 3.63) is 73.1 Å². The maximum atomic E-state index is 4.63. The third-order valence-corrected chi connectivity index (χ3v) is 4.63. The van der Waals surface area contributed by atoms with E-state index in [4.69, 9.17) is 0 Å². The van der Waals surface area contributed by atoms with Gasteiger partial charge in [0.15, 0.2) is 0 Å². The number of para-hydroxylation sites is 2. The topological polar surface area (TPSA) is 30.7 Å². The highest BCUT2D eigenvalue weighted by atomic mass is 15.0. The van der Waals surface area contributed by atoms with E-state index in [0.29, 0.717) is 0 Å².